The Morgan fingerprint density at radius 3 is 2.70 bits per heavy atom. The fraction of sp³-hybridized carbons (Fsp3) is 0.333. The maximum atomic E-state index is 11.5. The van der Waals surface area contributed by atoms with Crippen LogP contribution in [0.2, 0.25) is 5.02 Å². The molecular formula is C33H34ClNO4S. The zero-order valence-corrected chi connectivity index (χ0v) is 24.3. The summed E-state index contributed by atoms with van der Waals surface area (Å²) >= 11 is 8.05. The van der Waals surface area contributed by atoms with Crippen LogP contribution in [0.15, 0.2) is 71.3 Å². The first-order valence-corrected chi connectivity index (χ1v) is 15.0. The van der Waals surface area contributed by atoms with E-state index in [0.717, 1.165) is 53.8 Å². The molecule has 5 nitrogen and oxygen atoms in total. The lowest BCUT2D eigenvalue weighted by molar-refractivity contribution is -0.138. The van der Waals surface area contributed by atoms with Crippen LogP contribution >= 0.6 is 23.4 Å². The van der Waals surface area contributed by atoms with E-state index in [9.17, 15) is 15.0 Å². The summed E-state index contributed by atoms with van der Waals surface area (Å²) in [6.07, 6.45) is 9.39. The Hall–Kier alpha value is -3.06. The van der Waals surface area contributed by atoms with Gasteiger partial charge >= 0.3 is 5.97 Å². The van der Waals surface area contributed by atoms with Gasteiger partial charge in [0.25, 0.3) is 0 Å². The van der Waals surface area contributed by atoms with Crippen molar-refractivity contribution in [2.75, 3.05) is 5.75 Å². The SMILES string of the molecule is CC(C)(O)c1ccccc1CCC(SCC1(CC(=O)O)CC1)c1cccc(C=Cc2ccc3occ(Cl)c3n2)c1. The van der Waals surface area contributed by atoms with E-state index < -0.39 is 11.6 Å². The average Bonchev–Trinajstić information content (AvgIpc) is 3.58. The minimum absolute atomic E-state index is 0.0874. The van der Waals surface area contributed by atoms with E-state index in [1.807, 2.05) is 68.1 Å². The number of furan rings is 1. The molecule has 4 aromatic rings. The fourth-order valence-corrected chi connectivity index (χ4v) is 6.90. The second-order valence-corrected chi connectivity index (χ2v) is 12.9. The first kappa shape index (κ1) is 28.5. The molecule has 1 atom stereocenters. The zero-order valence-electron chi connectivity index (χ0n) is 22.8. The first-order chi connectivity index (χ1) is 19.1. The molecule has 0 aliphatic heterocycles. The summed E-state index contributed by atoms with van der Waals surface area (Å²) in [6, 6.07) is 20.4. The van der Waals surface area contributed by atoms with E-state index in [1.165, 1.54) is 11.8 Å². The number of nitrogens with zero attached hydrogens (tertiary/aromatic N) is 1. The number of hydrogen-bond acceptors (Lipinski definition) is 5. The molecule has 0 bridgehead atoms. The van der Waals surface area contributed by atoms with Crippen molar-refractivity contribution in [2.45, 2.75) is 56.8 Å². The lowest BCUT2D eigenvalue weighted by atomic mass is 9.90. The van der Waals surface area contributed by atoms with Gasteiger partial charge in [0.15, 0.2) is 5.58 Å². The molecule has 0 amide bonds. The maximum Gasteiger partial charge on any atom is 0.303 e. The Morgan fingerprint density at radius 1 is 1.15 bits per heavy atom. The minimum atomic E-state index is -0.915. The van der Waals surface area contributed by atoms with E-state index in [-0.39, 0.29) is 17.1 Å². The van der Waals surface area contributed by atoms with Gasteiger partial charge in [-0.05, 0) is 85.4 Å². The number of aromatic nitrogens is 1. The average molecular weight is 576 g/mol. The standard InChI is InChI=1S/C33H34ClNO4S/c1-32(2,38)26-9-4-3-7-23(26)11-15-29(40-21-33(16-17-33)19-30(36)37)24-8-5-6-22(18-24)10-12-25-13-14-28-31(35-25)27(34)20-39-28/h3-10,12-14,18,20,29,38H,11,15-17,19,21H2,1-2H3,(H,36,37). The number of carboxylic acids is 1. The van der Waals surface area contributed by atoms with Crippen LogP contribution in [0.4, 0.5) is 0 Å². The van der Waals surface area contributed by atoms with Gasteiger partial charge in [0.2, 0.25) is 0 Å². The van der Waals surface area contributed by atoms with E-state index in [4.69, 9.17) is 16.0 Å². The summed E-state index contributed by atoms with van der Waals surface area (Å²) in [7, 11) is 0. The van der Waals surface area contributed by atoms with Crippen LogP contribution in [0.3, 0.4) is 0 Å². The molecule has 40 heavy (non-hydrogen) atoms. The number of halogens is 1. The lowest BCUT2D eigenvalue weighted by Gasteiger charge is -2.24. The highest BCUT2D eigenvalue weighted by Gasteiger charge is 2.44. The van der Waals surface area contributed by atoms with Gasteiger partial charge in [-0.3, -0.25) is 4.79 Å². The molecule has 2 aromatic heterocycles. The Labute approximate surface area is 244 Å². The summed E-state index contributed by atoms with van der Waals surface area (Å²) in [5, 5.41) is 20.8. The molecule has 2 aromatic carbocycles. The summed E-state index contributed by atoms with van der Waals surface area (Å²) in [5.74, 6) is 0.108. The minimum Gasteiger partial charge on any atom is -0.481 e. The smallest absolute Gasteiger partial charge is 0.303 e. The molecule has 2 N–H and O–H groups in total. The Morgan fingerprint density at radius 2 is 1.95 bits per heavy atom. The number of aliphatic hydroxyl groups is 1. The molecule has 1 unspecified atom stereocenters. The van der Waals surface area contributed by atoms with E-state index in [2.05, 4.69) is 35.3 Å². The summed E-state index contributed by atoms with van der Waals surface area (Å²) in [4.78, 5) is 16.1. The zero-order chi connectivity index (χ0) is 28.3. The molecule has 0 spiro atoms. The van der Waals surface area contributed by atoms with Gasteiger partial charge in [-0.2, -0.15) is 11.8 Å². The third kappa shape index (κ3) is 6.98. The topological polar surface area (TPSA) is 83.6 Å². The molecular weight excluding hydrogens is 542 g/mol. The molecule has 1 aliphatic rings. The number of hydrogen-bond donors (Lipinski definition) is 2. The maximum absolute atomic E-state index is 11.5. The highest BCUT2D eigenvalue weighted by molar-refractivity contribution is 7.99. The van der Waals surface area contributed by atoms with Gasteiger partial charge in [0.05, 0.1) is 17.7 Å². The Bertz CT molecular complexity index is 1530. The molecule has 0 radical (unpaired) electrons. The van der Waals surface area contributed by atoms with Crippen LogP contribution < -0.4 is 0 Å². The number of pyridine rings is 1. The van der Waals surface area contributed by atoms with Crippen LogP contribution in [0, 0.1) is 5.41 Å². The number of rotatable bonds is 12. The van der Waals surface area contributed by atoms with Crippen LogP contribution in [-0.2, 0) is 16.8 Å². The van der Waals surface area contributed by atoms with Crippen LogP contribution in [-0.4, -0.2) is 26.9 Å². The molecule has 1 saturated carbocycles. The quantitative estimate of drug-likeness (QED) is 0.176. The highest BCUT2D eigenvalue weighted by Crippen LogP contribution is 2.53. The number of aryl methyl sites for hydroxylation is 1. The molecule has 1 aliphatic carbocycles. The van der Waals surface area contributed by atoms with Gasteiger partial charge in [-0.25, -0.2) is 4.98 Å². The van der Waals surface area contributed by atoms with Gasteiger partial charge < -0.3 is 14.6 Å². The molecule has 2 heterocycles. The second-order valence-electron chi connectivity index (χ2n) is 11.3. The van der Waals surface area contributed by atoms with E-state index in [1.54, 1.807) is 0 Å². The predicted octanol–water partition coefficient (Wildman–Crippen LogP) is 8.54. The molecule has 5 rings (SSSR count). The van der Waals surface area contributed by atoms with Crippen molar-refractivity contribution in [2.24, 2.45) is 5.41 Å². The van der Waals surface area contributed by atoms with Crippen molar-refractivity contribution in [3.8, 4) is 0 Å². The number of thioether (sulfide) groups is 1. The van der Waals surface area contributed by atoms with Gasteiger partial charge in [-0.15, -0.1) is 0 Å². The number of carboxylic acid groups (broad SMARTS) is 1. The van der Waals surface area contributed by atoms with E-state index in [0.29, 0.717) is 16.1 Å². The number of carbonyl (C=O) groups is 1. The van der Waals surface area contributed by atoms with Crippen molar-refractivity contribution in [1.82, 2.24) is 4.98 Å². The van der Waals surface area contributed by atoms with Gasteiger partial charge in [0, 0.05) is 11.0 Å². The first-order valence-electron chi connectivity index (χ1n) is 13.6. The van der Waals surface area contributed by atoms with Gasteiger partial charge in [0.1, 0.15) is 16.8 Å². The molecule has 0 saturated heterocycles. The lowest BCUT2D eigenvalue weighted by Crippen LogP contribution is -2.18. The van der Waals surface area contributed by atoms with Crippen molar-refractivity contribution in [3.05, 3.63) is 99.9 Å². The summed E-state index contributed by atoms with van der Waals surface area (Å²) in [5.41, 5.74) is 5.45. The second kappa shape index (κ2) is 11.8. The predicted molar refractivity (Wildman–Crippen MR) is 164 cm³/mol. The van der Waals surface area contributed by atoms with Crippen LogP contribution in [0.25, 0.3) is 23.3 Å². The monoisotopic (exact) mass is 575 g/mol. The third-order valence-electron chi connectivity index (χ3n) is 7.55. The van der Waals surface area contributed by atoms with Crippen LogP contribution in [0.5, 0.6) is 0 Å². The van der Waals surface area contributed by atoms with Crippen molar-refractivity contribution in [3.63, 3.8) is 0 Å². The highest BCUT2D eigenvalue weighted by atomic mass is 35.5. The van der Waals surface area contributed by atoms with Crippen molar-refractivity contribution >= 4 is 52.6 Å². The number of aliphatic carboxylic acids is 1. The largest absolute Gasteiger partial charge is 0.481 e. The summed E-state index contributed by atoms with van der Waals surface area (Å²) < 4.78 is 5.39. The number of benzene rings is 2. The third-order valence-corrected chi connectivity index (χ3v) is 9.51. The van der Waals surface area contributed by atoms with Crippen molar-refractivity contribution < 1.29 is 19.4 Å². The molecule has 1 fully saturated rings. The van der Waals surface area contributed by atoms with Crippen LogP contribution in [0.1, 0.15) is 72.7 Å². The number of fused-ring (bicyclic) bond motifs is 1. The van der Waals surface area contributed by atoms with Gasteiger partial charge in [-0.1, -0.05) is 66.2 Å². The summed E-state index contributed by atoms with van der Waals surface area (Å²) in [6.45, 7) is 3.65. The Balaban J connectivity index is 1.37. The Kier molecular flexibility index (Phi) is 8.41. The molecule has 7 heteroatoms. The fourth-order valence-electron chi connectivity index (χ4n) is 5.15. The normalized spacial score (nSPS) is 15.5. The van der Waals surface area contributed by atoms with Crippen molar-refractivity contribution in [1.29, 1.82) is 0 Å². The van der Waals surface area contributed by atoms with E-state index >= 15 is 0 Å². The molecule has 208 valence electrons.